The maximum Gasteiger partial charge on any atom is 0.256 e. The van der Waals surface area contributed by atoms with E-state index in [0.29, 0.717) is 16.7 Å². The SMILES string of the molecule is Cc1cc(-c2cc(Nc3ccnc4ccncc34)c(C(C)C)[nH]c2=O)ccc1F. The Balaban J connectivity index is 1.87. The molecule has 0 aliphatic carbocycles. The summed E-state index contributed by atoms with van der Waals surface area (Å²) in [5.74, 6) is -0.196. The Morgan fingerprint density at radius 3 is 2.66 bits per heavy atom. The van der Waals surface area contributed by atoms with Gasteiger partial charge in [-0.1, -0.05) is 19.9 Å². The molecule has 3 heterocycles. The Kier molecular flexibility index (Phi) is 4.84. The van der Waals surface area contributed by atoms with Crippen LogP contribution in [0.1, 0.15) is 31.0 Å². The molecule has 2 N–H and O–H groups in total. The van der Waals surface area contributed by atoms with E-state index in [4.69, 9.17) is 0 Å². The minimum Gasteiger partial charge on any atom is -0.353 e. The van der Waals surface area contributed by atoms with Gasteiger partial charge >= 0.3 is 0 Å². The van der Waals surface area contributed by atoms with E-state index in [0.717, 1.165) is 28.0 Å². The topological polar surface area (TPSA) is 70.7 Å². The molecule has 0 fully saturated rings. The first-order valence-electron chi connectivity index (χ1n) is 9.43. The zero-order valence-electron chi connectivity index (χ0n) is 16.5. The van der Waals surface area contributed by atoms with Crippen LogP contribution in [-0.4, -0.2) is 15.0 Å². The van der Waals surface area contributed by atoms with Crippen molar-refractivity contribution in [3.63, 3.8) is 0 Å². The van der Waals surface area contributed by atoms with Gasteiger partial charge in [-0.2, -0.15) is 0 Å². The van der Waals surface area contributed by atoms with Crippen LogP contribution in [0.4, 0.5) is 15.8 Å². The normalized spacial score (nSPS) is 11.2. The van der Waals surface area contributed by atoms with Gasteiger partial charge in [-0.15, -0.1) is 0 Å². The Hall–Kier alpha value is -3.54. The molecule has 0 saturated heterocycles. The van der Waals surface area contributed by atoms with Crippen LogP contribution in [0.25, 0.3) is 22.0 Å². The van der Waals surface area contributed by atoms with Crippen LogP contribution in [0, 0.1) is 12.7 Å². The van der Waals surface area contributed by atoms with Crippen molar-refractivity contribution >= 4 is 22.3 Å². The predicted octanol–water partition coefficient (Wildman–Crippen LogP) is 5.30. The average Bonchev–Trinajstić information content (AvgIpc) is 2.71. The first-order chi connectivity index (χ1) is 13.9. The summed E-state index contributed by atoms with van der Waals surface area (Å²) in [7, 11) is 0. The Labute approximate surface area is 167 Å². The van der Waals surface area contributed by atoms with Crippen molar-refractivity contribution in [3.8, 4) is 11.1 Å². The fraction of sp³-hybridized carbons (Fsp3) is 0.174. The highest BCUT2D eigenvalue weighted by Gasteiger charge is 2.15. The van der Waals surface area contributed by atoms with Gasteiger partial charge in [0.1, 0.15) is 5.82 Å². The van der Waals surface area contributed by atoms with Gasteiger partial charge in [0, 0.05) is 35.2 Å². The Bertz CT molecular complexity index is 1260. The van der Waals surface area contributed by atoms with Gasteiger partial charge in [-0.3, -0.25) is 14.8 Å². The number of nitrogens with one attached hydrogen (secondary N) is 2. The lowest BCUT2D eigenvalue weighted by Gasteiger charge is -2.17. The maximum atomic E-state index is 13.7. The molecule has 5 nitrogen and oxygen atoms in total. The molecule has 3 aromatic heterocycles. The third kappa shape index (κ3) is 3.61. The van der Waals surface area contributed by atoms with E-state index in [1.54, 1.807) is 37.6 Å². The molecule has 29 heavy (non-hydrogen) atoms. The maximum absolute atomic E-state index is 13.7. The summed E-state index contributed by atoms with van der Waals surface area (Å²) in [5.41, 5.74) is 4.70. The third-order valence-electron chi connectivity index (χ3n) is 4.93. The molecule has 0 radical (unpaired) electrons. The summed E-state index contributed by atoms with van der Waals surface area (Å²) >= 11 is 0. The van der Waals surface area contributed by atoms with E-state index in [-0.39, 0.29) is 17.3 Å². The smallest absolute Gasteiger partial charge is 0.256 e. The number of hydrogen-bond donors (Lipinski definition) is 2. The summed E-state index contributed by atoms with van der Waals surface area (Å²) in [5, 5.41) is 4.32. The number of aryl methyl sites for hydroxylation is 1. The average molecular weight is 388 g/mol. The molecule has 0 spiro atoms. The number of anilines is 2. The van der Waals surface area contributed by atoms with Crippen molar-refractivity contribution in [1.82, 2.24) is 15.0 Å². The molecule has 1 aromatic carbocycles. The van der Waals surface area contributed by atoms with Crippen molar-refractivity contribution in [3.05, 3.63) is 82.4 Å². The van der Waals surface area contributed by atoms with Crippen LogP contribution in [-0.2, 0) is 0 Å². The zero-order chi connectivity index (χ0) is 20.5. The molecule has 0 unspecified atom stereocenters. The second-order valence-corrected chi connectivity index (χ2v) is 7.33. The van der Waals surface area contributed by atoms with Gasteiger partial charge in [-0.25, -0.2) is 4.39 Å². The van der Waals surface area contributed by atoms with E-state index in [1.807, 2.05) is 32.0 Å². The predicted molar refractivity (Wildman–Crippen MR) is 114 cm³/mol. The van der Waals surface area contributed by atoms with Crippen molar-refractivity contribution in [1.29, 1.82) is 0 Å². The number of benzene rings is 1. The molecule has 0 bridgehead atoms. The van der Waals surface area contributed by atoms with Crippen molar-refractivity contribution in [2.24, 2.45) is 0 Å². The molecular weight excluding hydrogens is 367 g/mol. The molecule has 4 rings (SSSR count). The lowest BCUT2D eigenvalue weighted by molar-refractivity contribution is 0.619. The molecule has 6 heteroatoms. The minimum absolute atomic E-state index is 0.0976. The zero-order valence-corrected chi connectivity index (χ0v) is 16.5. The molecule has 0 amide bonds. The van der Waals surface area contributed by atoms with E-state index in [1.165, 1.54) is 6.07 Å². The van der Waals surface area contributed by atoms with Crippen LogP contribution in [0.2, 0.25) is 0 Å². The standard InChI is InChI=1S/C23H21FN4O/c1-13(2)22-21(27-20-7-9-26-19-6-8-25-12-17(19)20)11-16(23(29)28-22)15-4-5-18(24)14(3)10-15/h4-13H,1-3H3,(H,26,27)(H,28,29). The molecule has 146 valence electrons. The van der Waals surface area contributed by atoms with Gasteiger partial charge in [0.05, 0.1) is 16.9 Å². The molecule has 0 saturated carbocycles. The first kappa shape index (κ1) is 18.8. The van der Waals surface area contributed by atoms with Crippen LogP contribution >= 0.6 is 0 Å². The van der Waals surface area contributed by atoms with Gasteiger partial charge in [0.2, 0.25) is 0 Å². The highest BCUT2D eigenvalue weighted by molar-refractivity contribution is 5.92. The molecule has 0 aliphatic heterocycles. The van der Waals surface area contributed by atoms with E-state index in [2.05, 4.69) is 20.3 Å². The number of rotatable bonds is 4. The number of H-pyrrole nitrogens is 1. The van der Waals surface area contributed by atoms with E-state index >= 15 is 0 Å². The minimum atomic E-state index is -0.293. The number of halogens is 1. The lowest BCUT2D eigenvalue weighted by atomic mass is 10.0. The fourth-order valence-electron chi connectivity index (χ4n) is 3.37. The number of aromatic amines is 1. The van der Waals surface area contributed by atoms with Crippen LogP contribution < -0.4 is 10.9 Å². The second-order valence-electron chi connectivity index (χ2n) is 7.33. The van der Waals surface area contributed by atoms with Crippen LogP contribution in [0.15, 0.2) is 59.8 Å². The van der Waals surface area contributed by atoms with Crippen LogP contribution in [0.5, 0.6) is 0 Å². The summed E-state index contributed by atoms with van der Waals surface area (Å²) in [6, 6.07) is 10.2. The third-order valence-corrected chi connectivity index (χ3v) is 4.93. The van der Waals surface area contributed by atoms with Crippen molar-refractivity contribution in [2.45, 2.75) is 26.7 Å². The van der Waals surface area contributed by atoms with E-state index < -0.39 is 0 Å². The monoisotopic (exact) mass is 388 g/mol. The fourth-order valence-corrected chi connectivity index (χ4v) is 3.37. The number of nitrogens with zero attached hydrogens (tertiary/aromatic N) is 2. The molecule has 0 aliphatic rings. The van der Waals surface area contributed by atoms with Crippen molar-refractivity contribution in [2.75, 3.05) is 5.32 Å². The highest BCUT2D eigenvalue weighted by atomic mass is 19.1. The van der Waals surface area contributed by atoms with Crippen LogP contribution in [0.3, 0.4) is 0 Å². The van der Waals surface area contributed by atoms with Gasteiger partial charge < -0.3 is 10.3 Å². The quantitative estimate of drug-likeness (QED) is 0.498. The molecule has 4 aromatic rings. The number of hydrogen-bond acceptors (Lipinski definition) is 4. The first-order valence-corrected chi connectivity index (χ1v) is 9.43. The van der Waals surface area contributed by atoms with Gasteiger partial charge in [0.25, 0.3) is 5.56 Å². The Morgan fingerprint density at radius 2 is 1.90 bits per heavy atom. The number of pyridine rings is 3. The van der Waals surface area contributed by atoms with Crippen molar-refractivity contribution < 1.29 is 4.39 Å². The highest BCUT2D eigenvalue weighted by Crippen LogP contribution is 2.31. The Morgan fingerprint density at radius 1 is 1.07 bits per heavy atom. The molecular formula is C23H21FN4O. The summed E-state index contributed by atoms with van der Waals surface area (Å²) < 4.78 is 13.7. The van der Waals surface area contributed by atoms with Gasteiger partial charge in [0.15, 0.2) is 0 Å². The largest absolute Gasteiger partial charge is 0.353 e. The van der Waals surface area contributed by atoms with E-state index in [9.17, 15) is 9.18 Å². The number of fused-ring (bicyclic) bond motifs is 1. The summed E-state index contributed by atoms with van der Waals surface area (Å²) in [6.07, 6.45) is 5.19. The van der Waals surface area contributed by atoms with Gasteiger partial charge in [-0.05, 0) is 54.3 Å². The molecule has 0 atom stereocenters. The second kappa shape index (κ2) is 7.47. The summed E-state index contributed by atoms with van der Waals surface area (Å²) in [4.78, 5) is 24.3. The summed E-state index contributed by atoms with van der Waals surface area (Å²) in [6.45, 7) is 5.72. The number of aromatic nitrogens is 3. The lowest BCUT2D eigenvalue weighted by Crippen LogP contribution is -2.15.